The van der Waals surface area contributed by atoms with E-state index in [0.29, 0.717) is 11.4 Å². The molecule has 0 radical (unpaired) electrons. The first-order valence-electron chi connectivity index (χ1n) is 8.81. The fraction of sp³-hybridized carbons (Fsp3) is 0.273. The van der Waals surface area contributed by atoms with Gasteiger partial charge >= 0.3 is 5.97 Å². The molecule has 0 atom stereocenters. The minimum absolute atomic E-state index is 0.118. The van der Waals surface area contributed by atoms with E-state index in [1.54, 1.807) is 13.0 Å². The Morgan fingerprint density at radius 2 is 1.78 bits per heavy atom. The summed E-state index contributed by atoms with van der Waals surface area (Å²) in [6.45, 7) is 9.98. The van der Waals surface area contributed by atoms with Gasteiger partial charge in [0.05, 0.1) is 18.5 Å². The molecular formula is C22H24N2O3. The molecule has 2 heterocycles. The van der Waals surface area contributed by atoms with E-state index in [4.69, 9.17) is 4.74 Å². The van der Waals surface area contributed by atoms with Crippen LogP contribution in [0, 0.1) is 27.7 Å². The highest BCUT2D eigenvalue weighted by Crippen LogP contribution is 2.30. The van der Waals surface area contributed by atoms with Crippen LogP contribution in [0.2, 0.25) is 0 Å². The Balaban J connectivity index is 2.13. The molecule has 5 heteroatoms. The van der Waals surface area contributed by atoms with Gasteiger partial charge in [0, 0.05) is 11.4 Å². The van der Waals surface area contributed by atoms with E-state index in [0.717, 1.165) is 17.0 Å². The Hall–Kier alpha value is -3.08. The summed E-state index contributed by atoms with van der Waals surface area (Å²) in [5.74, 6) is -0.727. The van der Waals surface area contributed by atoms with Crippen molar-refractivity contribution in [2.24, 2.45) is 4.99 Å². The SMILES string of the molecule is COC(=O)C1=C(O)/C(=C\c2cc(C)n(-c3c(C)cccc3C)c2C)N=C1C. The fourth-order valence-electron chi connectivity index (χ4n) is 3.62. The van der Waals surface area contributed by atoms with Gasteiger partial charge in [0.15, 0.2) is 5.76 Å². The molecule has 3 rings (SSSR count). The Labute approximate surface area is 159 Å². The first kappa shape index (κ1) is 18.7. The summed E-state index contributed by atoms with van der Waals surface area (Å²) in [5, 5.41) is 10.4. The molecule has 1 aromatic carbocycles. The van der Waals surface area contributed by atoms with Crippen molar-refractivity contribution in [1.82, 2.24) is 4.57 Å². The average molecular weight is 364 g/mol. The van der Waals surface area contributed by atoms with Gasteiger partial charge < -0.3 is 14.4 Å². The minimum atomic E-state index is -0.585. The Kier molecular flexibility index (Phi) is 4.79. The largest absolute Gasteiger partial charge is 0.505 e. The Bertz CT molecular complexity index is 1020. The summed E-state index contributed by atoms with van der Waals surface area (Å²) in [4.78, 5) is 16.2. The van der Waals surface area contributed by atoms with Crippen molar-refractivity contribution < 1.29 is 14.6 Å². The van der Waals surface area contributed by atoms with Crippen molar-refractivity contribution in [1.29, 1.82) is 0 Å². The summed E-state index contributed by atoms with van der Waals surface area (Å²) >= 11 is 0. The van der Waals surface area contributed by atoms with Crippen LogP contribution in [0.3, 0.4) is 0 Å². The maximum atomic E-state index is 11.9. The number of benzene rings is 1. The normalized spacial score (nSPS) is 15.5. The van der Waals surface area contributed by atoms with Crippen molar-refractivity contribution >= 4 is 17.8 Å². The molecule has 1 N–H and O–H groups in total. The molecule has 1 aliphatic rings. The summed E-state index contributed by atoms with van der Waals surface area (Å²) in [6, 6.07) is 8.31. The molecule has 0 spiro atoms. The number of ether oxygens (including phenoxy) is 1. The van der Waals surface area contributed by atoms with Crippen LogP contribution in [0.1, 0.15) is 35.0 Å². The second-order valence-electron chi connectivity index (χ2n) is 6.84. The maximum Gasteiger partial charge on any atom is 0.343 e. The highest BCUT2D eigenvalue weighted by atomic mass is 16.5. The molecule has 27 heavy (non-hydrogen) atoms. The van der Waals surface area contributed by atoms with Crippen LogP contribution in [0.15, 0.2) is 46.3 Å². The molecular weight excluding hydrogens is 340 g/mol. The number of aliphatic hydroxyl groups is 1. The zero-order chi connectivity index (χ0) is 19.9. The lowest BCUT2D eigenvalue weighted by atomic mass is 10.1. The predicted molar refractivity (Wildman–Crippen MR) is 107 cm³/mol. The summed E-state index contributed by atoms with van der Waals surface area (Å²) in [7, 11) is 1.29. The molecule has 0 fully saturated rings. The highest BCUT2D eigenvalue weighted by Gasteiger charge is 2.27. The third-order valence-electron chi connectivity index (χ3n) is 4.94. The van der Waals surface area contributed by atoms with E-state index in [9.17, 15) is 9.90 Å². The number of para-hydroxylation sites is 1. The van der Waals surface area contributed by atoms with Crippen LogP contribution in [-0.4, -0.2) is 28.5 Å². The molecule has 0 saturated carbocycles. The standard InChI is InChI=1S/C22H24N2O3/c1-12-8-7-9-13(2)20(12)24-14(3)10-17(16(24)5)11-18-21(25)19(15(4)23-18)22(26)27-6/h7-11,25H,1-6H3/b18-11+. The number of aliphatic imine (C=N–C) groups is 1. The molecule has 2 aromatic rings. The van der Waals surface area contributed by atoms with Gasteiger partial charge in [-0.05, 0) is 63.5 Å². The van der Waals surface area contributed by atoms with Gasteiger partial charge in [-0.15, -0.1) is 0 Å². The molecule has 1 aromatic heterocycles. The van der Waals surface area contributed by atoms with Crippen LogP contribution in [0.5, 0.6) is 0 Å². The number of carbonyl (C=O) groups is 1. The predicted octanol–water partition coefficient (Wildman–Crippen LogP) is 4.51. The van der Waals surface area contributed by atoms with Crippen molar-refractivity contribution in [3.05, 3.63) is 69.4 Å². The monoisotopic (exact) mass is 364 g/mol. The topological polar surface area (TPSA) is 63.8 Å². The van der Waals surface area contributed by atoms with Gasteiger partial charge in [0.1, 0.15) is 11.3 Å². The average Bonchev–Trinajstić information content (AvgIpc) is 3.04. The molecule has 0 bridgehead atoms. The van der Waals surface area contributed by atoms with E-state index in [1.807, 2.05) is 6.92 Å². The second-order valence-corrected chi connectivity index (χ2v) is 6.84. The van der Waals surface area contributed by atoms with Gasteiger partial charge in [-0.2, -0.15) is 0 Å². The molecule has 140 valence electrons. The minimum Gasteiger partial charge on any atom is -0.505 e. The smallest absolute Gasteiger partial charge is 0.343 e. The van der Waals surface area contributed by atoms with E-state index >= 15 is 0 Å². The number of aromatic nitrogens is 1. The number of carbonyl (C=O) groups excluding carboxylic acids is 1. The summed E-state index contributed by atoms with van der Waals surface area (Å²) < 4.78 is 6.95. The van der Waals surface area contributed by atoms with Gasteiger partial charge in [-0.3, -0.25) is 0 Å². The number of esters is 1. The molecule has 5 nitrogen and oxygen atoms in total. The highest BCUT2D eigenvalue weighted by molar-refractivity contribution is 6.22. The van der Waals surface area contributed by atoms with E-state index in [1.165, 1.54) is 23.9 Å². The zero-order valence-corrected chi connectivity index (χ0v) is 16.5. The number of rotatable bonds is 3. The van der Waals surface area contributed by atoms with Gasteiger partial charge in [-0.1, -0.05) is 18.2 Å². The number of methoxy groups -OCH3 is 1. The summed E-state index contributed by atoms with van der Waals surface area (Å²) in [5.41, 5.74) is 7.58. The third-order valence-corrected chi connectivity index (χ3v) is 4.94. The van der Waals surface area contributed by atoms with E-state index in [-0.39, 0.29) is 11.3 Å². The number of hydrogen-bond acceptors (Lipinski definition) is 4. The Morgan fingerprint density at radius 1 is 1.15 bits per heavy atom. The summed E-state index contributed by atoms with van der Waals surface area (Å²) in [6.07, 6.45) is 1.81. The first-order chi connectivity index (χ1) is 12.8. The number of aryl methyl sites for hydroxylation is 3. The van der Waals surface area contributed by atoms with Crippen LogP contribution in [0.4, 0.5) is 0 Å². The molecule has 0 amide bonds. The van der Waals surface area contributed by atoms with Crippen molar-refractivity contribution in [3.63, 3.8) is 0 Å². The first-order valence-corrected chi connectivity index (χ1v) is 8.81. The van der Waals surface area contributed by atoms with Gasteiger partial charge in [-0.25, -0.2) is 9.79 Å². The molecule has 1 aliphatic heterocycles. The maximum absolute atomic E-state index is 11.9. The van der Waals surface area contributed by atoms with Crippen molar-refractivity contribution in [2.45, 2.75) is 34.6 Å². The zero-order valence-electron chi connectivity index (χ0n) is 16.5. The van der Waals surface area contributed by atoms with Crippen molar-refractivity contribution in [2.75, 3.05) is 7.11 Å². The second kappa shape index (κ2) is 6.91. The lowest BCUT2D eigenvalue weighted by Gasteiger charge is -2.15. The number of hydrogen-bond donors (Lipinski definition) is 1. The van der Waals surface area contributed by atoms with Crippen LogP contribution in [-0.2, 0) is 9.53 Å². The number of aliphatic hydroxyl groups excluding tert-OH is 1. The van der Waals surface area contributed by atoms with Gasteiger partial charge in [0.2, 0.25) is 0 Å². The fourth-order valence-corrected chi connectivity index (χ4v) is 3.62. The van der Waals surface area contributed by atoms with E-state index < -0.39 is 5.97 Å². The lowest BCUT2D eigenvalue weighted by molar-refractivity contribution is -0.135. The van der Waals surface area contributed by atoms with Crippen molar-refractivity contribution in [3.8, 4) is 5.69 Å². The van der Waals surface area contributed by atoms with Crippen LogP contribution in [0.25, 0.3) is 11.8 Å². The quantitative estimate of drug-likeness (QED) is 0.815. The molecule has 0 unspecified atom stereocenters. The number of nitrogens with zero attached hydrogens (tertiary/aromatic N) is 2. The molecule has 0 saturated heterocycles. The third kappa shape index (κ3) is 3.10. The molecule has 0 aliphatic carbocycles. The van der Waals surface area contributed by atoms with Gasteiger partial charge in [0.25, 0.3) is 0 Å². The van der Waals surface area contributed by atoms with Crippen LogP contribution >= 0.6 is 0 Å². The van der Waals surface area contributed by atoms with E-state index in [2.05, 4.69) is 54.6 Å². The van der Waals surface area contributed by atoms with Crippen LogP contribution < -0.4 is 0 Å². The lowest BCUT2D eigenvalue weighted by Crippen LogP contribution is -2.11. The Morgan fingerprint density at radius 3 is 2.37 bits per heavy atom.